The SMILES string of the molecule is NC1CC(C(=O)c2ccc3ccccc3c2)C1. The molecule has 0 aliphatic heterocycles. The Bertz CT molecular complexity index is 570. The first-order valence-electron chi connectivity index (χ1n) is 6.02. The Kier molecular flexibility index (Phi) is 2.45. The summed E-state index contributed by atoms with van der Waals surface area (Å²) in [5.41, 5.74) is 6.54. The van der Waals surface area contributed by atoms with Crippen molar-refractivity contribution in [2.45, 2.75) is 18.9 Å². The van der Waals surface area contributed by atoms with Gasteiger partial charge in [-0.3, -0.25) is 4.79 Å². The van der Waals surface area contributed by atoms with Gasteiger partial charge in [-0.15, -0.1) is 0 Å². The van der Waals surface area contributed by atoms with Gasteiger partial charge in [0.15, 0.2) is 5.78 Å². The van der Waals surface area contributed by atoms with Gasteiger partial charge in [0, 0.05) is 17.5 Å². The van der Waals surface area contributed by atoms with Crippen molar-refractivity contribution in [3.05, 3.63) is 48.0 Å². The Labute approximate surface area is 100 Å². The van der Waals surface area contributed by atoms with Crippen molar-refractivity contribution in [1.82, 2.24) is 0 Å². The van der Waals surface area contributed by atoms with Crippen molar-refractivity contribution in [1.29, 1.82) is 0 Å². The van der Waals surface area contributed by atoms with Gasteiger partial charge < -0.3 is 5.73 Å². The topological polar surface area (TPSA) is 43.1 Å². The number of rotatable bonds is 2. The number of benzene rings is 2. The minimum Gasteiger partial charge on any atom is -0.328 e. The van der Waals surface area contributed by atoms with Gasteiger partial charge in [-0.2, -0.15) is 0 Å². The average Bonchev–Trinajstić information content (AvgIpc) is 2.33. The van der Waals surface area contributed by atoms with E-state index in [2.05, 4.69) is 6.07 Å². The van der Waals surface area contributed by atoms with E-state index in [1.807, 2.05) is 36.4 Å². The van der Waals surface area contributed by atoms with E-state index < -0.39 is 0 Å². The van der Waals surface area contributed by atoms with Gasteiger partial charge in [0.1, 0.15) is 0 Å². The zero-order valence-corrected chi connectivity index (χ0v) is 9.60. The van der Waals surface area contributed by atoms with Gasteiger partial charge in [-0.1, -0.05) is 36.4 Å². The van der Waals surface area contributed by atoms with Crippen LogP contribution in [-0.2, 0) is 0 Å². The minimum atomic E-state index is 0.145. The molecule has 2 aromatic rings. The van der Waals surface area contributed by atoms with Gasteiger partial charge >= 0.3 is 0 Å². The normalized spacial score (nSPS) is 23.4. The molecule has 1 aliphatic rings. The zero-order valence-electron chi connectivity index (χ0n) is 9.60. The molecular formula is C15H15NO. The molecule has 0 aromatic heterocycles. The molecule has 0 amide bonds. The van der Waals surface area contributed by atoms with E-state index in [0.29, 0.717) is 0 Å². The van der Waals surface area contributed by atoms with Crippen molar-refractivity contribution in [3.8, 4) is 0 Å². The van der Waals surface area contributed by atoms with Crippen LogP contribution in [0.1, 0.15) is 23.2 Å². The lowest BCUT2D eigenvalue weighted by Crippen LogP contribution is -2.40. The lowest BCUT2D eigenvalue weighted by molar-refractivity contribution is 0.0833. The van der Waals surface area contributed by atoms with Gasteiger partial charge in [0.25, 0.3) is 0 Å². The minimum absolute atomic E-state index is 0.145. The Morgan fingerprint density at radius 1 is 1.06 bits per heavy atom. The molecule has 0 heterocycles. The molecule has 2 nitrogen and oxygen atoms in total. The Morgan fingerprint density at radius 2 is 1.76 bits per heavy atom. The quantitative estimate of drug-likeness (QED) is 0.798. The third kappa shape index (κ3) is 1.85. The van der Waals surface area contributed by atoms with Gasteiger partial charge in [0.05, 0.1) is 0 Å². The van der Waals surface area contributed by atoms with E-state index in [1.165, 1.54) is 5.39 Å². The van der Waals surface area contributed by atoms with Crippen LogP contribution in [0.25, 0.3) is 10.8 Å². The number of fused-ring (bicyclic) bond motifs is 1. The maximum atomic E-state index is 12.2. The highest BCUT2D eigenvalue weighted by Gasteiger charge is 2.32. The molecule has 1 fully saturated rings. The summed E-state index contributed by atoms with van der Waals surface area (Å²) in [5.74, 6) is 0.392. The summed E-state index contributed by atoms with van der Waals surface area (Å²) < 4.78 is 0. The van der Waals surface area contributed by atoms with Crippen molar-refractivity contribution in [2.75, 3.05) is 0 Å². The zero-order chi connectivity index (χ0) is 11.8. The summed E-state index contributed by atoms with van der Waals surface area (Å²) in [6, 6.07) is 14.3. The molecule has 0 radical (unpaired) electrons. The highest BCUT2D eigenvalue weighted by Crippen LogP contribution is 2.29. The Balaban J connectivity index is 1.92. The van der Waals surface area contributed by atoms with Crippen molar-refractivity contribution in [2.24, 2.45) is 11.7 Å². The summed E-state index contributed by atoms with van der Waals surface area (Å²) in [4.78, 5) is 12.2. The predicted octanol–water partition coefficient (Wildman–Crippen LogP) is 2.76. The van der Waals surface area contributed by atoms with Crippen molar-refractivity contribution >= 4 is 16.6 Å². The smallest absolute Gasteiger partial charge is 0.166 e. The molecule has 2 N–H and O–H groups in total. The van der Waals surface area contributed by atoms with E-state index in [4.69, 9.17) is 5.73 Å². The fourth-order valence-corrected chi connectivity index (χ4v) is 2.45. The number of carbonyl (C=O) groups is 1. The first-order valence-corrected chi connectivity index (χ1v) is 6.02. The lowest BCUT2D eigenvalue weighted by atomic mass is 9.76. The monoisotopic (exact) mass is 225 g/mol. The molecule has 86 valence electrons. The average molecular weight is 225 g/mol. The van der Waals surface area contributed by atoms with Crippen LogP contribution >= 0.6 is 0 Å². The summed E-state index contributed by atoms with van der Waals surface area (Å²) in [6.45, 7) is 0. The molecule has 3 rings (SSSR count). The van der Waals surface area contributed by atoms with E-state index in [1.54, 1.807) is 0 Å². The Hall–Kier alpha value is -1.67. The molecule has 17 heavy (non-hydrogen) atoms. The standard InChI is InChI=1S/C15H15NO/c16-14-8-13(9-14)15(17)12-6-5-10-3-1-2-4-11(10)7-12/h1-7,13-14H,8-9,16H2. The fraction of sp³-hybridized carbons (Fsp3) is 0.267. The van der Waals surface area contributed by atoms with Crippen LogP contribution in [-0.4, -0.2) is 11.8 Å². The second kappa shape index (κ2) is 3.97. The molecule has 2 aromatic carbocycles. The molecular weight excluding hydrogens is 210 g/mol. The second-order valence-electron chi connectivity index (χ2n) is 4.85. The molecule has 1 aliphatic carbocycles. The largest absolute Gasteiger partial charge is 0.328 e. The van der Waals surface area contributed by atoms with Gasteiger partial charge in [0.2, 0.25) is 0 Å². The van der Waals surface area contributed by atoms with Crippen LogP contribution in [0, 0.1) is 5.92 Å². The van der Waals surface area contributed by atoms with Crippen LogP contribution in [0.5, 0.6) is 0 Å². The summed E-state index contributed by atoms with van der Waals surface area (Å²) in [7, 11) is 0. The van der Waals surface area contributed by atoms with E-state index in [-0.39, 0.29) is 17.7 Å². The number of carbonyl (C=O) groups excluding carboxylic acids is 1. The molecule has 2 heteroatoms. The van der Waals surface area contributed by atoms with Crippen LogP contribution in [0.2, 0.25) is 0 Å². The summed E-state index contributed by atoms with van der Waals surface area (Å²) >= 11 is 0. The molecule has 0 spiro atoms. The fourth-order valence-electron chi connectivity index (χ4n) is 2.45. The van der Waals surface area contributed by atoms with Crippen molar-refractivity contribution < 1.29 is 4.79 Å². The van der Waals surface area contributed by atoms with E-state index >= 15 is 0 Å². The lowest BCUT2D eigenvalue weighted by Gasteiger charge is -2.31. The van der Waals surface area contributed by atoms with Crippen LogP contribution in [0.3, 0.4) is 0 Å². The maximum absolute atomic E-state index is 12.2. The van der Waals surface area contributed by atoms with Crippen LogP contribution in [0.4, 0.5) is 0 Å². The van der Waals surface area contributed by atoms with E-state index in [9.17, 15) is 4.79 Å². The number of hydrogen-bond acceptors (Lipinski definition) is 2. The number of ketones is 1. The Morgan fingerprint density at radius 3 is 2.47 bits per heavy atom. The molecule has 0 saturated heterocycles. The third-order valence-corrected chi connectivity index (χ3v) is 3.58. The third-order valence-electron chi connectivity index (χ3n) is 3.58. The molecule has 1 saturated carbocycles. The van der Waals surface area contributed by atoms with Crippen LogP contribution < -0.4 is 5.73 Å². The van der Waals surface area contributed by atoms with Crippen molar-refractivity contribution in [3.63, 3.8) is 0 Å². The summed E-state index contributed by atoms with van der Waals surface area (Å²) in [6.07, 6.45) is 1.68. The number of Topliss-reactive ketones (excluding diaryl/α,β-unsaturated/α-hetero) is 1. The van der Waals surface area contributed by atoms with E-state index in [0.717, 1.165) is 23.8 Å². The molecule has 0 bridgehead atoms. The highest BCUT2D eigenvalue weighted by atomic mass is 16.1. The molecule has 0 atom stereocenters. The first kappa shape index (κ1) is 10.5. The predicted molar refractivity (Wildman–Crippen MR) is 69.0 cm³/mol. The van der Waals surface area contributed by atoms with Crippen LogP contribution in [0.15, 0.2) is 42.5 Å². The first-order chi connectivity index (χ1) is 8.24. The highest BCUT2D eigenvalue weighted by molar-refractivity contribution is 6.01. The summed E-state index contributed by atoms with van der Waals surface area (Å²) in [5, 5.41) is 2.30. The molecule has 0 unspecified atom stereocenters. The van der Waals surface area contributed by atoms with Gasteiger partial charge in [-0.25, -0.2) is 0 Å². The number of hydrogen-bond donors (Lipinski definition) is 1. The van der Waals surface area contributed by atoms with Gasteiger partial charge in [-0.05, 0) is 29.7 Å². The maximum Gasteiger partial charge on any atom is 0.166 e. The second-order valence-corrected chi connectivity index (χ2v) is 4.85. The number of nitrogens with two attached hydrogens (primary N) is 1.